The fourth-order valence-corrected chi connectivity index (χ4v) is 4.87. The summed E-state index contributed by atoms with van der Waals surface area (Å²) >= 11 is 0. The lowest BCUT2D eigenvalue weighted by molar-refractivity contribution is -0.132. The molecule has 172 valence electrons. The van der Waals surface area contributed by atoms with Crippen LogP contribution < -0.4 is 14.2 Å². The van der Waals surface area contributed by atoms with Gasteiger partial charge in [0.1, 0.15) is 0 Å². The van der Waals surface area contributed by atoms with E-state index < -0.39 is 0 Å². The van der Waals surface area contributed by atoms with Crippen LogP contribution in [0.5, 0.6) is 17.2 Å². The maximum Gasteiger partial charge on any atom is 0.227 e. The van der Waals surface area contributed by atoms with Crippen molar-refractivity contribution in [3.05, 3.63) is 52.6 Å². The van der Waals surface area contributed by atoms with Crippen LogP contribution in [0.15, 0.2) is 30.3 Å². The van der Waals surface area contributed by atoms with Crippen molar-refractivity contribution in [3.63, 3.8) is 0 Å². The second kappa shape index (κ2) is 10.3. The molecule has 6 heteroatoms. The molecule has 0 unspecified atom stereocenters. The molecule has 1 aliphatic heterocycles. The summed E-state index contributed by atoms with van der Waals surface area (Å²) in [5.41, 5.74) is 5.11. The first-order valence-electron chi connectivity index (χ1n) is 11.5. The van der Waals surface area contributed by atoms with E-state index in [1.807, 2.05) is 17.0 Å². The average molecular weight is 439 g/mol. The van der Waals surface area contributed by atoms with Gasteiger partial charge in [-0.25, -0.2) is 0 Å². The predicted molar refractivity (Wildman–Crippen MR) is 125 cm³/mol. The third-order valence-electron chi connectivity index (χ3n) is 6.67. The van der Waals surface area contributed by atoms with Crippen LogP contribution in [0.2, 0.25) is 0 Å². The Morgan fingerprint density at radius 1 is 0.844 bits per heavy atom. The van der Waals surface area contributed by atoms with E-state index in [0.717, 1.165) is 50.3 Å². The third kappa shape index (κ3) is 4.85. The monoisotopic (exact) mass is 438 g/mol. The van der Waals surface area contributed by atoms with Gasteiger partial charge >= 0.3 is 0 Å². The van der Waals surface area contributed by atoms with Gasteiger partial charge in [-0.1, -0.05) is 24.3 Å². The zero-order valence-electron chi connectivity index (χ0n) is 19.5. The van der Waals surface area contributed by atoms with E-state index in [0.29, 0.717) is 23.7 Å². The van der Waals surface area contributed by atoms with Crippen LogP contribution >= 0.6 is 0 Å². The van der Waals surface area contributed by atoms with E-state index in [2.05, 4.69) is 23.1 Å². The average Bonchev–Trinajstić information content (AvgIpc) is 2.84. The lowest BCUT2D eigenvalue weighted by atomic mass is 9.90. The number of methoxy groups -OCH3 is 3. The topological polar surface area (TPSA) is 51.2 Å². The van der Waals surface area contributed by atoms with Gasteiger partial charge in [-0.2, -0.15) is 0 Å². The number of fused-ring (bicyclic) bond motifs is 1. The van der Waals surface area contributed by atoms with Gasteiger partial charge in [-0.3, -0.25) is 9.69 Å². The summed E-state index contributed by atoms with van der Waals surface area (Å²) in [5.74, 6) is 2.21. The number of ether oxygens (including phenoxy) is 3. The Kier molecular flexibility index (Phi) is 7.20. The number of rotatable bonds is 7. The van der Waals surface area contributed by atoms with Crippen molar-refractivity contribution in [2.24, 2.45) is 0 Å². The van der Waals surface area contributed by atoms with E-state index in [-0.39, 0.29) is 5.91 Å². The molecule has 32 heavy (non-hydrogen) atoms. The Balaban J connectivity index is 1.34. The van der Waals surface area contributed by atoms with Crippen molar-refractivity contribution in [2.75, 3.05) is 47.5 Å². The van der Waals surface area contributed by atoms with Crippen molar-refractivity contribution in [1.82, 2.24) is 9.80 Å². The molecular formula is C26H34N2O4. The van der Waals surface area contributed by atoms with Crippen molar-refractivity contribution in [3.8, 4) is 17.2 Å². The van der Waals surface area contributed by atoms with E-state index in [1.165, 1.54) is 30.4 Å². The van der Waals surface area contributed by atoms with Crippen molar-refractivity contribution in [2.45, 2.75) is 38.6 Å². The second-order valence-electron chi connectivity index (χ2n) is 8.64. The van der Waals surface area contributed by atoms with Gasteiger partial charge in [0.15, 0.2) is 11.5 Å². The Morgan fingerprint density at radius 3 is 2.25 bits per heavy atom. The van der Waals surface area contributed by atoms with Gasteiger partial charge in [0, 0.05) is 38.3 Å². The summed E-state index contributed by atoms with van der Waals surface area (Å²) in [7, 11) is 4.90. The zero-order valence-corrected chi connectivity index (χ0v) is 19.5. The SMILES string of the molecule is COc1ccc(CN2CCN(C(=O)Cc3ccc4c(c3)CCCC4)CC2)c(OC)c1OC. The number of carbonyl (C=O) groups excluding carboxylic acids is 1. The van der Waals surface area contributed by atoms with E-state index in [9.17, 15) is 4.79 Å². The van der Waals surface area contributed by atoms with Crippen LogP contribution in [-0.4, -0.2) is 63.2 Å². The molecule has 1 fully saturated rings. The van der Waals surface area contributed by atoms with Crippen molar-refractivity contribution < 1.29 is 19.0 Å². The molecule has 0 aromatic heterocycles. The number of nitrogens with zero attached hydrogens (tertiary/aromatic N) is 2. The molecule has 1 heterocycles. The van der Waals surface area contributed by atoms with Gasteiger partial charge in [0.25, 0.3) is 0 Å². The predicted octanol–water partition coefficient (Wildman–Crippen LogP) is 3.48. The second-order valence-corrected chi connectivity index (χ2v) is 8.64. The Morgan fingerprint density at radius 2 is 1.56 bits per heavy atom. The molecule has 0 radical (unpaired) electrons. The maximum atomic E-state index is 12.9. The van der Waals surface area contributed by atoms with Crippen LogP contribution in [0.1, 0.15) is 35.1 Å². The molecule has 6 nitrogen and oxygen atoms in total. The number of piperazine rings is 1. The molecule has 0 saturated carbocycles. The lowest BCUT2D eigenvalue weighted by Gasteiger charge is -2.35. The van der Waals surface area contributed by atoms with Crippen LogP contribution in [0.4, 0.5) is 0 Å². The van der Waals surface area contributed by atoms with Crippen LogP contribution in [0.25, 0.3) is 0 Å². The first kappa shape index (κ1) is 22.5. The summed E-state index contributed by atoms with van der Waals surface area (Å²) in [6, 6.07) is 10.6. The molecule has 2 aromatic carbocycles. The standard InChI is InChI=1S/C26H34N2O4/c1-30-23-11-10-22(25(31-2)26(23)32-3)18-27-12-14-28(15-13-27)24(29)17-19-8-9-20-6-4-5-7-21(20)16-19/h8-11,16H,4-7,12-15,17-18H2,1-3H3. The Labute approximate surface area is 191 Å². The molecule has 2 aliphatic rings. The van der Waals surface area contributed by atoms with Gasteiger partial charge in [-0.15, -0.1) is 0 Å². The number of hydrogen-bond donors (Lipinski definition) is 0. The lowest BCUT2D eigenvalue weighted by Crippen LogP contribution is -2.48. The highest BCUT2D eigenvalue weighted by Gasteiger charge is 2.24. The molecule has 1 saturated heterocycles. The molecule has 1 amide bonds. The number of hydrogen-bond acceptors (Lipinski definition) is 5. The van der Waals surface area contributed by atoms with E-state index in [4.69, 9.17) is 14.2 Å². The number of aryl methyl sites for hydroxylation is 2. The largest absolute Gasteiger partial charge is 0.493 e. The minimum Gasteiger partial charge on any atom is -0.493 e. The van der Waals surface area contributed by atoms with Crippen LogP contribution in [-0.2, 0) is 30.6 Å². The number of benzene rings is 2. The Hall–Kier alpha value is -2.73. The normalized spacial score (nSPS) is 16.4. The van der Waals surface area contributed by atoms with Gasteiger partial charge in [0.05, 0.1) is 27.8 Å². The van der Waals surface area contributed by atoms with Gasteiger partial charge in [0.2, 0.25) is 11.7 Å². The summed E-state index contributed by atoms with van der Waals surface area (Å²) in [6.07, 6.45) is 5.37. The number of amides is 1. The Bertz CT molecular complexity index is 951. The van der Waals surface area contributed by atoms with Crippen molar-refractivity contribution in [1.29, 1.82) is 0 Å². The van der Waals surface area contributed by atoms with E-state index in [1.54, 1.807) is 21.3 Å². The molecule has 4 rings (SSSR count). The highest BCUT2D eigenvalue weighted by Crippen LogP contribution is 2.40. The van der Waals surface area contributed by atoms with Crippen LogP contribution in [0, 0.1) is 0 Å². The fourth-order valence-electron chi connectivity index (χ4n) is 4.87. The third-order valence-corrected chi connectivity index (χ3v) is 6.67. The molecule has 1 aliphatic carbocycles. The minimum atomic E-state index is 0.226. The molecule has 0 atom stereocenters. The smallest absolute Gasteiger partial charge is 0.227 e. The van der Waals surface area contributed by atoms with Crippen LogP contribution in [0.3, 0.4) is 0 Å². The molecule has 0 spiro atoms. The highest BCUT2D eigenvalue weighted by atomic mass is 16.5. The van der Waals surface area contributed by atoms with Crippen molar-refractivity contribution >= 4 is 5.91 Å². The number of carbonyl (C=O) groups is 1. The minimum absolute atomic E-state index is 0.226. The van der Waals surface area contributed by atoms with E-state index >= 15 is 0 Å². The summed E-state index contributed by atoms with van der Waals surface area (Å²) < 4.78 is 16.5. The summed E-state index contributed by atoms with van der Waals surface area (Å²) in [6.45, 7) is 3.93. The maximum absolute atomic E-state index is 12.9. The molecule has 0 N–H and O–H groups in total. The fraction of sp³-hybridized carbons (Fsp3) is 0.500. The molecule has 0 bridgehead atoms. The highest BCUT2D eigenvalue weighted by molar-refractivity contribution is 5.79. The molecular weight excluding hydrogens is 404 g/mol. The first-order valence-corrected chi connectivity index (χ1v) is 11.5. The van der Waals surface area contributed by atoms with Gasteiger partial charge < -0.3 is 19.1 Å². The first-order chi connectivity index (χ1) is 15.6. The summed E-state index contributed by atoms with van der Waals surface area (Å²) in [5, 5.41) is 0. The quantitative estimate of drug-likeness (QED) is 0.663. The summed E-state index contributed by atoms with van der Waals surface area (Å²) in [4.78, 5) is 17.3. The molecule has 2 aromatic rings. The van der Waals surface area contributed by atoms with Gasteiger partial charge in [-0.05, 0) is 48.4 Å². The zero-order chi connectivity index (χ0) is 22.5.